The fourth-order valence-corrected chi connectivity index (χ4v) is 4.89. The average molecular weight is 576 g/mol. The molecule has 0 aromatic heterocycles. The van der Waals surface area contributed by atoms with Crippen LogP contribution in [0.2, 0.25) is 0 Å². The van der Waals surface area contributed by atoms with Crippen molar-refractivity contribution in [2.75, 3.05) is 17.1 Å². The van der Waals surface area contributed by atoms with Gasteiger partial charge in [0.25, 0.3) is 0 Å². The zero-order chi connectivity index (χ0) is 29.7. The Labute approximate surface area is 232 Å². The molecule has 0 aliphatic heterocycles. The third kappa shape index (κ3) is 8.57. The molecule has 2 amide bonds. The van der Waals surface area contributed by atoms with Crippen LogP contribution in [-0.2, 0) is 32.6 Å². The Kier molecular flexibility index (Phi) is 9.62. The lowest BCUT2D eigenvalue weighted by molar-refractivity contribution is -0.140. The van der Waals surface area contributed by atoms with Gasteiger partial charge in [0.15, 0.2) is 11.6 Å². The summed E-state index contributed by atoms with van der Waals surface area (Å²) in [7, 11) is -4.14. The van der Waals surface area contributed by atoms with Gasteiger partial charge in [-0.3, -0.25) is 13.9 Å². The molecule has 0 aliphatic rings. The minimum Gasteiger partial charge on any atom is -0.350 e. The summed E-state index contributed by atoms with van der Waals surface area (Å²) in [5.74, 6) is -4.21. The van der Waals surface area contributed by atoms with Crippen LogP contribution in [-0.4, -0.2) is 49.5 Å². The number of carbonyl (C=O) groups is 2. The van der Waals surface area contributed by atoms with E-state index in [0.29, 0.717) is 15.9 Å². The predicted octanol–water partition coefficient (Wildman–Crippen LogP) is 4.42. The molecule has 0 radical (unpaired) electrons. The van der Waals surface area contributed by atoms with Gasteiger partial charge in [0.1, 0.15) is 18.4 Å². The molecule has 3 aromatic rings. The second-order valence-corrected chi connectivity index (χ2v) is 12.4. The normalized spacial score (nSPS) is 12.5. The molecule has 0 fully saturated rings. The summed E-state index contributed by atoms with van der Waals surface area (Å²) in [6.45, 7) is 4.41. The van der Waals surface area contributed by atoms with Gasteiger partial charge < -0.3 is 10.2 Å². The van der Waals surface area contributed by atoms with Crippen molar-refractivity contribution in [3.8, 4) is 0 Å². The van der Waals surface area contributed by atoms with Gasteiger partial charge in [-0.2, -0.15) is 0 Å². The van der Waals surface area contributed by atoms with Crippen LogP contribution >= 0.6 is 0 Å². The molecule has 0 unspecified atom stereocenters. The van der Waals surface area contributed by atoms with Gasteiger partial charge in [-0.15, -0.1) is 0 Å². The molecule has 0 heterocycles. The van der Waals surface area contributed by atoms with Crippen molar-refractivity contribution < 1.29 is 31.2 Å². The van der Waals surface area contributed by atoms with Gasteiger partial charge in [-0.25, -0.2) is 21.6 Å². The van der Waals surface area contributed by atoms with E-state index < -0.39 is 57.4 Å². The van der Waals surface area contributed by atoms with E-state index in [0.717, 1.165) is 24.0 Å². The first-order valence-electron chi connectivity index (χ1n) is 12.5. The van der Waals surface area contributed by atoms with Crippen LogP contribution < -0.4 is 9.62 Å². The van der Waals surface area contributed by atoms with Crippen LogP contribution in [0.3, 0.4) is 0 Å². The highest BCUT2D eigenvalue weighted by atomic mass is 32.2. The quantitative estimate of drug-likeness (QED) is 0.388. The number of amides is 2. The van der Waals surface area contributed by atoms with Gasteiger partial charge in [-0.1, -0.05) is 42.5 Å². The Morgan fingerprint density at radius 3 is 2.05 bits per heavy atom. The SMILES string of the molecule is CC(C)(C)NC(=O)[C@@H](Cc1ccccc1)N(Cc1ccc(F)cc1)C(=O)CN(c1ccc(F)c(F)c1)S(C)(=O)=O. The molecule has 1 N–H and O–H groups in total. The Morgan fingerprint density at radius 1 is 0.875 bits per heavy atom. The van der Waals surface area contributed by atoms with Crippen molar-refractivity contribution in [1.82, 2.24) is 10.2 Å². The highest BCUT2D eigenvalue weighted by Crippen LogP contribution is 2.23. The second-order valence-electron chi connectivity index (χ2n) is 10.5. The van der Waals surface area contributed by atoms with Crippen molar-refractivity contribution in [1.29, 1.82) is 0 Å². The molecule has 0 bridgehead atoms. The molecule has 1 atom stereocenters. The van der Waals surface area contributed by atoms with E-state index in [2.05, 4.69) is 5.32 Å². The zero-order valence-electron chi connectivity index (χ0n) is 22.7. The van der Waals surface area contributed by atoms with Crippen molar-refractivity contribution in [2.24, 2.45) is 0 Å². The van der Waals surface area contributed by atoms with Crippen LogP contribution in [0, 0.1) is 17.5 Å². The summed E-state index contributed by atoms with van der Waals surface area (Å²) >= 11 is 0. The number of anilines is 1. The lowest BCUT2D eigenvalue weighted by Crippen LogP contribution is -2.56. The largest absolute Gasteiger partial charge is 0.350 e. The predicted molar refractivity (Wildman–Crippen MR) is 147 cm³/mol. The average Bonchev–Trinajstić information content (AvgIpc) is 2.86. The zero-order valence-corrected chi connectivity index (χ0v) is 23.5. The second kappa shape index (κ2) is 12.5. The Balaban J connectivity index is 2.08. The van der Waals surface area contributed by atoms with Crippen molar-refractivity contribution in [2.45, 2.75) is 45.3 Å². The molecule has 0 spiro atoms. The lowest BCUT2D eigenvalue weighted by Gasteiger charge is -2.35. The van der Waals surface area contributed by atoms with Crippen molar-refractivity contribution in [3.05, 3.63) is 101 Å². The molecule has 0 aliphatic carbocycles. The van der Waals surface area contributed by atoms with Gasteiger partial charge in [0, 0.05) is 24.6 Å². The van der Waals surface area contributed by atoms with Crippen LogP contribution in [0.4, 0.5) is 18.9 Å². The Bertz CT molecular complexity index is 1440. The first-order valence-corrected chi connectivity index (χ1v) is 14.3. The number of carbonyl (C=O) groups excluding carboxylic acids is 2. The van der Waals surface area contributed by atoms with E-state index in [9.17, 15) is 31.2 Å². The molecule has 7 nitrogen and oxygen atoms in total. The summed E-state index contributed by atoms with van der Waals surface area (Å²) in [5.41, 5.74) is 0.334. The van der Waals surface area contributed by atoms with E-state index >= 15 is 0 Å². The van der Waals surface area contributed by atoms with Gasteiger partial charge in [0.05, 0.1) is 11.9 Å². The monoisotopic (exact) mass is 575 g/mol. The molecular weight excluding hydrogens is 543 g/mol. The summed E-state index contributed by atoms with van der Waals surface area (Å²) in [5, 5.41) is 2.88. The molecule has 11 heteroatoms. The van der Waals surface area contributed by atoms with Gasteiger partial charge in [0.2, 0.25) is 21.8 Å². The minimum atomic E-state index is -4.14. The number of nitrogens with one attached hydrogen (secondary N) is 1. The van der Waals surface area contributed by atoms with Crippen LogP contribution in [0.5, 0.6) is 0 Å². The van der Waals surface area contributed by atoms with Crippen molar-refractivity contribution in [3.63, 3.8) is 0 Å². The lowest BCUT2D eigenvalue weighted by atomic mass is 10.0. The molecule has 3 rings (SSSR count). The number of nitrogens with zero attached hydrogens (tertiary/aromatic N) is 2. The number of rotatable bonds is 10. The first kappa shape index (κ1) is 30.7. The first-order chi connectivity index (χ1) is 18.6. The molecule has 0 saturated heterocycles. The summed E-state index contributed by atoms with van der Waals surface area (Å²) in [6, 6.07) is 15.7. The maximum atomic E-state index is 14.0. The number of hydrogen-bond acceptors (Lipinski definition) is 4. The summed E-state index contributed by atoms with van der Waals surface area (Å²) in [6.07, 6.45) is 0.930. The molecule has 40 heavy (non-hydrogen) atoms. The van der Waals surface area contributed by atoms with E-state index in [-0.39, 0.29) is 18.7 Å². The number of sulfonamides is 1. The maximum absolute atomic E-state index is 14.0. The van der Waals surface area contributed by atoms with Crippen LogP contribution in [0.1, 0.15) is 31.9 Å². The highest BCUT2D eigenvalue weighted by molar-refractivity contribution is 7.92. The van der Waals surface area contributed by atoms with Gasteiger partial charge in [-0.05, 0) is 56.2 Å². The summed E-state index contributed by atoms with van der Waals surface area (Å²) < 4.78 is 67.2. The van der Waals surface area contributed by atoms with E-state index in [1.54, 1.807) is 51.1 Å². The molecular formula is C29H32F3N3O4S. The number of benzene rings is 3. The molecule has 3 aromatic carbocycles. The van der Waals surface area contributed by atoms with Crippen LogP contribution in [0.25, 0.3) is 0 Å². The Hall–Kier alpha value is -3.86. The van der Waals surface area contributed by atoms with Crippen molar-refractivity contribution >= 4 is 27.5 Å². The van der Waals surface area contributed by atoms with Gasteiger partial charge >= 0.3 is 0 Å². The van der Waals surface area contributed by atoms with E-state index in [4.69, 9.17) is 0 Å². The standard InChI is InChI=1S/C29H32F3N3O4S/c1-29(2,3)33-28(37)26(16-20-8-6-5-7-9-20)34(18-21-10-12-22(30)13-11-21)27(36)19-35(40(4,38)39)23-14-15-24(31)25(32)17-23/h5-15,17,26H,16,18-19H2,1-4H3,(H,33,37)/t26-/m1/s1. The van der Waals surface area contributed by atoms with E-state index in [1.807, 2.05) is 0 Å². The number of halogens is 3. The third-order valence-electron chi connectivity index (χ3n) is 5.91. The third-order valence-corrected chi connectivity index (χ3v) is 7.05. The maximum Gasteiger partial charge on any atom is 0.244 e. The fraction of sp³-hybridized carbons (Fsp3) is 0.310. The van der Waals surface area contributed by atoms with E-state index in [1.165, 1.54) is 29.2 Å². The molecule has 214 valence electrons. The van der Waals surface area contributed by atoms with Crippen LogP contribution in [0.15, 0.2) is 72.8 Å². The smallest absolute Gasteiger partial charge is 0.244 e. The Morgan fingerprint density at radius 2 is 1.50 bits per heavy atom. The topological polar surface area (TPSA) is 86.8 Å². The fourth-order valence-electron chi connectivity index (χ4n) is 4.05. The highest BCUT2D eigenvalue weighted by Gasteiger charge is 2.34. The summed E-state index contributed by atoms with van der Waals surface area (Å²) in [4.78, 5) is 28.7. The molecule has 0 saturated carbocycles. The minimum absolute atomic E-state index is 0.0970. The number of hydrogen-bond donors (Lipinski definition) is 1.